The van der Waals surface area contributed by atoms with Gasteiger partial charge in [0.1, 0.15) is 16.7 Å². The lowest BCUT2D eigenvalue weighted by Gasteiger charge is -2.16. The molecular formula is C22H22N2O3. The van der Waals surface area contributed by atoms with Crippen LogP contribution in [-0.2, 0) is 6.54 Å². The number of hydrogen-bond acceptors (Lipinski definition) is 3. The first-order valence-electron chi connectivity index (χ1n) is 9.06. The van der Waals surface area contributed by atoms with Crippen LogP contribution < -0.4 is 15.0 Å². The Morgan fingerprint density at radius 1 is 0.852 bits per heavy atom. The van der Waals surface area contributed by atoms with Gasteiger partial charge in [-0.05, 0) is 18.6 Å². The number of fused-ring (bicyclic) bond motifs is 2. The first kappa shape index (κ1) is 17.2. The van der Waals surface area contributed by atoms with Crippen molar-refractivity contribution in [3.8, 4) is 17.2 Å². The van der Waals surface area contributed by atoms with E-state index < -0.39 is 0 Å². The van der Waals surface area contributed by atoms with Crippen LogP contribution in [0.25, 0.3) is 27.4 Å². The van der Waals surface area contributed by atoms with Gasteiger partial charge in [-0.2, -0.15) is 0 Å². The summed E-state index contributed by atoms with van der Waals surface area (Å²) in [5.41, 5.74) is 1.57. The first-order chi connectivity index (χ1) is 13.2. The van der Waals surface area contributed by atoms with Crippen molar-refractivity contribution in [2.75, 3.05) is 14.2 Å². The summed E-state index contributed by atoms with van der Waals surface area (Å²) in [4.78, 5) is 13.4. The zero-order valence-electron chi connectivity index (χ0n) is 15.7. The van der Waals surface area contributed by atoms with Gasteiger partial charge in [0.25, 0.3) is 5.56 Å². The van der Waals surface area contributed by atoms with Crippen molar-refractivity contribution < 1.29 is 9.47 Å². The van der Waals surface area contributed by atoms with E-state index in [1.165, 1.54) is 0 Å². The zero-order chi connectivity index (χ0) is 19.0. The lowest BCUT2D eigenvalue weighted by Crippen LogP contribution is -2.22. The minimum atomic E-state index is -0.0726. The molecule has 1 heterocycles. The maximum Gasteiger partial charge on any atom is 0.278 e. The Labute approximate surface area is 157 Å². The summed E-state index contributed by atoms with van der Waals surface area (Å²) in [7, 11) is 3.25. The molecule has 0 radical (unpaired) electrons. The summed E-state index contributed by atoms with van der Waals surface area (Å²) >= 11 is 0. The second-order valence-electron chi connectivity index (χ2n) is 6.41. The number of aromatic nitrogens is 2. The van der Waals surface area contributed by atoms with E-state index in [1.807, 2.05) is 59.3 Å². The van der Waals surface area contributed by atoms with E-state index in [2.05, 4.69) is 6.92 Å². The topological polar surface area (TPSA) is 45.4 Å². The molecule has 1 aromatic heterocycles. The standard InChI is InChI=1S/C22H22N2O3/c1-4-14-23-22(25)18-19(24(23)15-10-6-5-7-11-15)21(27-3)17-13-9-8-12-16(17)20(18)26-2/h5-13H,4,14H2,1-3H3. The van der Waals surface area contributed by atoms with E-state index in [-0.39, 0.29) is 5.56 Å². The van der Waals surface area contributed by atoms with E-state index in [4.69, 9.17) is 9.47 Å². The van der Waals surface area contributed by atoms with Gasteiger partial charge in [0.2, 0.25) is 0 Å². The highest BCUT2D eigenvalue weighted by Crippen LogP contribution is 2.42. The molecule has 5 nitrogen and oxygen atoms in total. The van der Waals surface area contributed by atoms with Crippen molar-refractivity contribution in [2.45, 2.75) is 19.9 Å². The number of nitrogens with zero attached hydrogens (tertiary/aromatic N) is 2. The van der Waals surface area contributed by atoms with Crippen LogP contribution in [-0.4, -0.2) is 23.6 Å². The van der Waals surface area contributed by atoms with Gasteiger partial charge in [-0.15, -0.1) is 0 Å². The number of para-hydroxylation sites is 1. The van der Waals surface area contributed by atoms with Crippen LogP contribution in [0.2, 0.25) is 0 Å². The van der Waals surface area contributed by atoms with Gasteiger partial charge < -0.3 is 9.47 Å². The Balaban J connectivity index is 2.30. The van der Waals surface area contributed by atoms with Gasteiger partial charge in [0, 0.05) is 17.3 Å². The molecule has 0 aliphatic heterocycles. The fourth-order valence-corrected chi connectivity index (χ4v) is 3.77. The molecule has 0 atom stereocenters. The molecule has 0 aliphatic carbocycles. The quantitative estimate of drug-likeness (QED) is 0.529. The van der Waals surface area contributed by atoms with Gasteiger partial charge in [-0.25, -0.2) is 9.36 Å². The van der Waals surface area contributed by atoms with Crippen molar-refractivity contribution in [1.82, 2.24) is 9.36 Å². The van der Waals surface area contributed by atoms with Crippen molar-refractivity contribution in [1.29, 1.82) is 0 Å². The van der Waals surface area contributed by atoms with Gasteiger partial charge in [-0.1, -0.05) is 49.4 Å². The third-order valence-electron chi connectivity index (χ3n) is 4.84. The molecule has 4 aromatic rings. The first-order valence-corrected chi connectivity index (χ1v) is 9.06. The van der Waals surface area contributed by atoms with E-state index in [9.17, 15) is 4.79 Å². The number of benzene rings is 3. The Morgan fingerprint density at radius 2 is 1.44 bits per heavy atom. The van der Waals surface area contributed by atoms with Crippen molar-refractivity contribution in [3.63, 3.8) is 0 Å². The highest BCUT2D eigenvalue weighted by atomic mass is 16.5. The number of methoxy groups -OCH3 is 2. The summed E-state index contributed by atoms with van der Waals surface area (Å²) in [5, 5.41) is 2.34. The molecule has 0 saturated carbocycles. The zero-order valence-corrected chi connectivity index (χ0v) is 15.7. The van der Waals surface area contributed by atoms with E-state index in [0.29, 0.717) is 23.4 Å². The number of ether oxygens (including phenoxy) is 2. The van der Waals surface area contributed by atoms with Crippen LogP contribution in [0.3, 0.4) is 0 Å². The molecule has 27 heavy (non-hydrogen) atoms. The summed E-state index contributed by atoms with van der Waals surface area (Å²) in [5.74, 6) is 1.27. The highest BCUT2D eigenvalue weighted by Gasteiger charge is 2.25. The van der Waals surface area contributed by atoms with E-state index in [0.717, 1.165) is 28.4 Å². The van der Waals surface area contributed by atoms with Crippen LogP contribution in [0.5, 0.6) is 11.5 Å². The fraction of sp³-hybridized carbons (Fsp3) is 0.227. The van der Waals surface area contributed by atoms with E-state index in [1.54, 1.807) is 18.9 Å². The second-order valence-corrected chi connectivity index (χ2v) is 6.41. The SMILES string of the molecule is CCCn1c(=O)c2c(OC)c3ccccc3c(OC)c2n1-c1ccccc1. The largest absolute Gasteiger partial charge is 0.495 e. The molecule has 0 bridgehead atoms. The molecule has 4 rings (SSSR count). The summed E-state index contributed by atoms with van der Waals surface area (Å²) in [6, 6.07) is 17.7. The molecule has 0 N–H and O–H groups in total. The minimum Gasteiger partial charge on any atom is -0.495 e. The molecule has 0 saturated heterocycles. The molecule has 0 unspecified atom stereocenters. The summed E-state index contributed by atoms with van der Waals surface area (Å²) in [6.45, 7) is 2.66. The molecule has 0 spiro atoms. The lowest BCUT2D eigenvalue weighted by atomic mass is 10.0. The number of hydrogen-bond donors (Lipinski definition) is 0. The number of rotatable bonds is 5. The Morgan fingerprint density at radius 3 is 2.04 bits per heavy atom. The molecule has 0 fully saturated rings. The summed E-state index contributed by atoms with van der Waals surface area (Å²) < 4.78 is 15.3. The third kappa shape index (κ3) is 2.50. The average Bonchev–Trinajstić information content (AvgIpc) is 2.99. The second kappa shape index (κ2) is 6.83. The fourth-order valence-electron chi connectivity index (χ4n) is 3.77. The maximum absolute atomic E-state index is 13.4. The predicted molar refractivity (Wildman–Crippen MR) is 108 cm³/mol. The van der Waals surface area contributed by atoms with Crippen molar-refractivity contribution >= 4 is 21.7 Å². The summed E-state index contributed by atoms with van der Waals surface area (Å²) in [6.07, 6.45) is 0.840. The highest BCUT2D eigenvalue weighted by molar-refractivity contribution is 6.10. The minimum absolute atomic E-state index is 0.0726. The van der Waals surface area contributed by atoms with Gasteiger partial charge in [0.05, 0.1) is 19.9 Å². The Hall–Kier alpha value is -3.21. The maximum atomic E-state index is 13.4. The van der Waals surface area contributed by atoms with Gasteiger partial charge in [-0.3, -0.25) is 4.79 Å². The average molecular weight is 362 g/mol. The normalized spacial score (nSPS) is 11.2. The van der Waals surface area contributed by atoms with Crippen LogP contribution in [0.1, 0.15) is 13.3 Å². The smallest absolute Gasteiger partial charge is 0.278 e. The molecule has 0 aliphatic rings. The third-order valence-corrected chi connectivity index (χ3v) is 4.84. The van der Waals surface area contributed by atoms with Crippen molar-refractivity contribution in [3.05, 3.63) is 65.0 Å². The molecule has 5 heteroatoms. The molecule has 3 aromatic carbocycles. The van der Waals surface area contributed by atoms with E-state index >= 15 is 0 Å². The van der Waals surface area contributed by atoms with Crippen LogP contribution in [0, 0.1) is 0 Å². The predicted octanol–water partition coefficient (Wildman–Crippen LogP) is 4.37. The van der Waals surface area contributed by atoms with Gasteiger partial charge >= 0.3 is 0 Å². The molecular weight excluding hydrogens is 340 g/mol. The van der Waals surface area contributed by atoms with Crippen LogP contribution in [0.4, 0.5) is 0 Å². The monoisotopic (exact) mass is 362 g/mol. The lowest BCUT2D eigenvalue weighted by molar-refractivity contribution is 0.416. The van der Waals surface area contributed by atoms with Crippen LogP contribution in [0.15, 0.2) is 59.4 Å². The Bertz CT molecular complexity index is 1170. The van der Waals surface area contributed by atoms with Gasteiger partial charge in [0.15, 0.2) is 5.75 Å². The Kier molecular flexibility index (Phi) is 4.36. The molecule has 0 amide bonds. The van der Waals surface area contributed by atoms with Crippen LogP contribution >= 0.6 is 0 Å². The molecule has 138 valence electrons. The van der Waals surface area contributed by atoms with Crippen molar-refractivity contribution in [2.24, 2.45) is 0 Å².